The van der Waals surface area contributed by atoms with Gasteiger partial charge in [-0.25, -0.2) is 0 Å². The van der Waals surface area contributed by atoms with Crippen molar-refractivity contribution in [1.29, 1.82) is 0 Å². The SMILES string of the molecule is COc1cc2c(cc1OCCCOc1cc3c(cc1OC)C(=O)N1C=C(C4CC4)C[C@H]1C=N3)N=C[C@@H]1CC(c3ccc(NC(C)C)cc3)=CN1C2=O. The standard InChI is InChI=1S/C41H43N5O6/c1-24(2)44-29-10-8-26(9-11-29)28-15-31-21-43-35-19-39(37(50-4)17-33(35)41(48)46(31)23-28)52-13-5-12-51-38-18-34-32(16-36(38)49-3)40(47)45-22-27(25-6-7-25)14-30(45)20-42-34/h8-11,16-25,30-31,44H,5-7,12-15H2,1-4H3/t30-,31-/m0/s1. The van der Waals surface area contributed by atoms with E-state index in [-0.39, 0.29) is 23.9 Å². The Balaban J connectivity index is 0.904. The Morgan fingerprint density at radius 2 is 1.31 bits per heavy atom. The Morgan fingerprint density at radius 3 is 1.85 bits per heavy atom. The van der Waals surface area contributed by atoms with Crippen LogP contribution in [-0.2, 0) is 0 Å². The fourth-order valence-electron chi connectivity index (χ4n) is 7.24. The lowest BCUT2D eigenvalue weighted by Gasteiger charge is -2.19. The van der Waals surface area contributed by atoms with Crippen molar-refractivity contribution >= 4 is 46.9 Å². The topological polar surface area (TPSA) is 114 Å². The zero-order valence-corrected chi connectivity index (χ0v) is 29.9. The summed E-state index contributed by atoms with van der Waals surface area (Å²) in [6.07, 6.45) is 12.1. The van der Waals surface area contributed by atoms with E-state index in [1.54, 1.807) is 48.3 Å². The lowest BCUT2D eigenvalue weighted by molar-refractivity contribution is 0.0809. The average molecular weight is 702 g/mol. The molecular formula is C41H43N5O6. The first-order chi connectivity index (χ1) is 25.3. The first-order valence-electron chi connectivity index (χ1n) is 18.0. The third kappa shape index (κ3) is 6.51. The molecule has 4 heterocycles. The van der Waals surface area contributed by atoms with Crippen molar-refractivity contribution in [2.45, 2.75) is 64.1 Å². The Labute approximate surface area is 303 Å². The molecule has 5 aliphatic rings. The molecule has 0 saturated heterocycles. The molecule has 0 aromatic heterocycles. The number of hydrogen-bond acceptors (Lipinski definition) is 9. The molecule has 1 aliphatic carbocycles. The second-order valence-corrected chi connectivity index (χ2v) is 14.1. The molecule has 0 spiro atoms. The summed E-state index contributed by atoms with van der Waals surface area (Å²) in [5.41, 5.74) is 6.63. The van der Waals surface area contributed by atoms with Gasteiger partial charge in [-0.05, 0) is 80.0 Å². The van der Waals surface area contributed by atoms with Gasteiger partial charge in [-0.1, -0.05) is 12.1 Å². The highest BCUT2D eigenvalue weighted by atomic mass is 16.5. The first kappa shape index (κ1) is 33.6. The molecule has 268 valence electrons. The summed E-state index contributed by atoms with van der Waals surface area (Å²) in [6, 6.07) is 15.4. The summed E-state index contributed by atoms with van der Waals surface area (Å²) in [5, 5.41) is 3.41. The van der Waals surface area contributed by atoms with Crippen LogP contribution in [0.15, 0.2) is 76.5 Å². The van der Waals surface area contributed by atoms with E-state index >= 15 is 0 Å². The predicted molar refractivity (Wildman–Crippen MR) is 201 cm³/mol. The lowest BCUT2D eigenvalue weighted by atomic mass is 10.0. The van der Waals surface area contributed by atoms with E-state index < -0.39 is 0 Å². The minimum atomic E-state index is -0.182. The minimum absolute atomic E-state index is 0.0559. The highest BCUT2D eigenvalue weighted by Crippen LogP contribution is 2.45. The molecule has 11 nitrogen and oxygen atoms in total. The maximum atomic E-state index is 13.8. The van der Waals surface area contributed by atoms with Crippen LogP contribution in [0, 0.1) is 5.92 Å². The van der Waals surface area contributed by atoms with Gasteiger partial charge in [0.2, 0.25) is 0 Å². The molecule has 11 heteroatoms. The first-order valence-corrected chi connectivity index (χ1v) is 18.0. The Bertz CT molecular complexity index is 2030. The van der Waals surface area contributed by atoms with Gasteiger partial charge in [-0.2, -0.15) is 0 Å². The average Bonchev–Trinajstić information content (AvgIpc) is 3.82. The van der Waals surface area contributed by atoms with Crippen LogP contribution in [0.4, 0.5) is 17.1 Å². The van der Waals surface area contributed by atoms with E-state index in [2.05, 4.69) is 48.4 Å². The van der Waals surface area contributed by atoms with E-state index in [0.717, 1.165) is 23.2 Å². The van der Waals surface area contributed by atoms with E-state index in [1.807, 2.05) is 24.8 Å². The maximum Gasteiger partial charge on any atom is 0.260 e. The third-order valence-electron chi connectivity index (χ3n) is 10.1. The van der Waals surface area contributed by atoms with Gasteiger partial charge in [0.05, 0.1) is 62.0 Å². The molecule has 3 aromatic rings. The summed E-state index contributed by atoms with van der Waals surface area (Å²) in [5.74, 6) is 2.34. The molecular weight excluding hydrogens is 658 g/mol. The number of methoxy groups -OCH3 is 2. The van der Waals surface area contributed by atoms with Crippen LogP contribution < -0.4 is 24.3 Å². The summed E-state index contributed by atoms with van der Waals surface area (Å²) in [7, 11) is 3.12. The van der Waals surface area contributed by atoms with Gasteiger partial charge in [0, 0.05) is 61.5 Å². The highest BCUT2D eigenvalue weighted by molar-refractivity contribution is 6.06. The quantitative estimate of drug-likeness (QED) is 0.194. The van der Waals surface area contributed by atoms with Crippen molar-refractivity contribution in [3.63, 3.8) is 0 Å². The zero-order chi connectivity index (χ0) is 35.9. The number of hydrogen-bond donors (Lipinski definition) is 1. The highest BCUT2D eigenvalue weighted by Gasteiger charge is 2.38. The second kappa shape index (κ2) is 13.9. The molecule has 1 N–H and O–H groups in total. The Morgan fingerprint density at radius 1 is 0.750 bits per heavy atom. The van der Waals surface area contributed by atoms with Gasteiger partial charge in [-0.3, -0.25) is 19.6 Å². The number of aliphatic imine (C=N–C) groups is 2. The molecule has 3 aromatic carbocycles. The number of carbonyl (C=O) groups excluding carboxylic acids is 2. The largest absolute Gasteiger partial charge is 0.493 e. The third-order valence-corrected chi connectivity index (χ3v) is 10.1. The molecule has 4 aliphatic heterocycles. The van der Waals surface area contributed by atoms with Crippen LogP contribution in [0.2, 0.25) is 0 Å². The van der Waals surface area contributed by atoms with Crippen molar-refractivity contribution in [3.05, 3.63) is 83.2 Å². The van der Waals surface area contributed by atoms with Gasteiger partial charge in [0.25, 0.3) is 11.8 Å². The lowest BCUT2D eigenvalue weighted by Crippen LogP contribution is -2.32. The van der Waals surface area contributed by atoms with Crippen molar-refractivity contribution in [1.82, 2.24) is 9.80 Å². The number of anilines is 1. The Kier molecular flexibility index (Phi) is 8.94. The summed E-state index contributed by atoms with van der Waals surface area (Å²) < 4.78 is 23.5. The molecule has 0 unspecified atom stereocenters. The summed E-state index contributed by atoms with van der Waals surface area (Å²) in [4.78, 5) is 40.3. The summed E-state index contributed by atoms with van der Waals surface area (Å²) >= 11 is 0. The van der Waals surface area contributed by atoms with Crippen LogP contribution in [0.25, 0.3) is 5.57 Å². The van der Waals surface area contributed by atoms with E-state index in [0.29, 0.717) is 83.5 Å². The van der Waals surface area contributed by atoms with Gasteiger partial charge in [0.1, 0.15) is 0 Å². The molecule has 1 saturated carbocycles. The van der Waals surface area contributed by atoms with Gasteiger partial charge >= 0.3 is 0 Å². The van der Waals surface area contributed by atoms with Crippen LogP contribution in [0.3, 0.4) is 0 Å². The molecule has 52 heavy (non-hydrogen) atoms. The monoisotopic (exact) mass is 701 g/mol. The molecule has 8 rings (SSSR count). The molecule has 0 bridgehead atoms. The van der Waals surface area contributed by atoms with Crippen LogP contribution in [0.5, 0.6) is 23.0 Å². The van der Waals surface area contributed by atoms with Crippen molar-refractivity contribution in [2.24, 2.45) is 15.9 Å². The molecule has 1 fully saturated rings. The van der Waals surface area contributed by atoms with Crippen molar-refractivity contribution in [3.8, 4) is 23.0 Å². The smallest absolute Gasteiger partial charge is 0.260 e. The fraction of sp³-hybridized carbons (Fsp3) is 0.366. The zero-order valence-electron chi connectivity index (χ0n) is 29.9. The number of carbonyl (C=O) groups is 2. The van der Waals surface area contributed by atoms with Crippen LogP contribution in [-0.4, -0.2) is 79.6 Å². The van der Waals surface area contributed by atoms with E-state index in [1.165, 1.54) is 18.4 Å². The Hall–Kier alpha value is -5.58. The van der Waals surface area contributed by atoms with Gasteiger partial charge < -0.3 is 34.1 Å². The van der Waals surface area contributed by atoms with E-state index in [9.17, 15) is 9.59 Å². The predicted octanol–water partition coefficient (Wildman–Crippen LogP) is 7.57. The van der Waals surface area contributed by atoms with Crippen molar-refractivity contribution in [2.75, 3.05) is 32.8 Å². The molecule has 0 radical (unpaired) electrons. The number of ether oxygens (including phenoxy) is 4. The molecule has 2 atom stereocenters. The number of benzene rings is 3. The van der Waals surface area contributed by atoms with Crippen LogP contribution in [0.1, 0.15) is 72.2 Å². The fourth-order valence-corrected chi connectivity index (χ4v) is 7.24. The number of rotatable bonds is 12. The van der Waals surface area contributed by atoms with Gasteiger partial charge in [0.15, 0.2) is 23.0 Å². The summed E-state index contributed by atoms with van der Waals surface area (Å²) in [6.45, 7) is 4.88. The normalized spacial score (nSPS) is 20.0. The van der Waals surface area contributed by atoms with Crippen LogP contribution >= 0.6 is 0 Å². The number of nitrogens with zero attached hydrogens (tertiary/aromatic N) is 4. The minimum Gasteiger partial charge on any atom is -0.493 e. The molecule has 2 amide bonds. The van der Waals surface area contributed by atoms with E-state index in [4.69, 9.17) is 23.9 Å². The maximum absolute atomic E-state index is 13.8. The number of amides is 2. The number of nitrogens with one attached hydrogen (secondary N) is 1. The van der Waals surface area contributed by atoms with Crippen molar-refractivity contribution < 1.29 is 28.5 Å². The number of fused-ring (bicyclic) bond motifs is 4. The van der Waals surface area contributed by atoms with Gasteiger partial charge in [-0.15, -0.1) is 0 Å². The second-order valence-electron chi connectivity index (χ2n) is 14.1.